The molecule has 0 fully saturated rings. The zero-order valence-electron chi connectivity index (χ0n) is 10.9. The van der Waals surface area contributed by atoms with Crippen molar-refractivity contribution in [1.29, 1.82) is 0 Å². The molecule has 0 saturated heterocycles. The third-order valence-corrected chi connectivity index (χ3v) is 3.03. The molecule has 0 spiro atoms. The molecule has 1 aromatic carbocycles. The number of amides is 1. The first-order valence-corrected chi connectivity index (χ1v) is 6.27. The van der Waals surface area contributed by atoms with E-state index in [-0.39, 0.29) is 17.4 Å². The lowest BCUT2D eigenvalue weighted by atomic mass is 9.95. The van der Waals surface area contributed by atoms with Crippen molar-refractivity contribution >= 4 is 11.6 Å². The Hall–Kier alpha value is -2.30. The number of anilines is 1. The van der Waals surface area contributed by atoms with Crippen molar-refractivity contribution in [2.75, 3.05) is 5.32 Å². The highest BCUT2D eigenvalue weighted by molar-refractivity contribution is 5.95. The molecule has 2 aromatic rings. The van der Waals surface area contributed by atoms with Crippen LogP contribution in [0.4, 0.5) is 14.5 Å². The number of hydrogen-bond acceptors (Lipinski definition) is 2. The molecule has 0 aliphatic carbocycles. The van der Waals surface area contributed by atoms with Crippen LogP contribution >= 0.6 is 0 Å². The minimum atomic E-state index is -0.588. The average Bonchev–Trinajstić information content (AvgIpc) is 2.44. The van der Waals surface area contributed by atoms with Crippen molar-refractivity contribution in [1.82, 2.24) is 4.98 Å². The first kappa shape index (κ1) is 14.1. The number of carbonyl (C=O) groups is 1. The molecule has 20 heavy (non-hydrogen) atoms. The maximum Gasteiger partial charge on any atom is 0.231 e. The Balaban J connectivity index is 2.18. The summed E-state index contributed by atoms with van der Waals surface area (Å²) >= 11 is 0. The fraction of sp³-hybridized carbons (Fsp3) is 0.200. The standard InChI is InChI=1S/C15H14F2N2O/c1-2-12(10-3-5-11(16)6-4-10)15(20)19-14-7-8-18-9-13(14)17/h3-9,12H,2H2,1H3,(H,18,19,20)/t12-/m1/s1. The number of nitrogens with zero attached hydrogens (tertiary/aromatic N) is 1. The van der Waals surface area contributed by atoms with Crippen LogP contribution < -0.4 is 5.32 Å². The second-order valence-corrected chi connectivity index (χ2v) is 4.36. The van der Waals surface area contributed by atoms with Crippen molar-refractivity contribution in [2.24, 2.45) is 0 Å². The second kappa shape index (κ2) is 6.23. The molecule has 0 aliphatic heterocycles. The van der Waals surface area contributed by atoms with Crippen molar-refractivity contribution in [3.63, 3.8) is 0 Å². The molecular formula is C15H14F2N2O. The van der Waals surface area contributed by atoms with E-state index in [9.17, 15) is 13.6 Å². The van der Waals surface area contributed by atoms with Gasteiger partial charge in [-0.05, 0) is 30.2 Å². The van der Waals surface area contributed by atoms with E-state index in [4.69, 9.17) is 0 Å². The molecule has 104 valence electrons. The molecule has 0 bridgehead atoms. The van der Waals surface area contributed by atoms with Crippen LogP contribution in [0, 0.1) is 11.6 Å². The Labute approximate surface area is 115 Å². The highest BCUT2D eigenvalue weighted by Crippen LogP contribution is 2.22. The third-order valence-electron chi connectivity index (χ3n) is 3.03. The molecule has 0 aliphatic rings. The summed E-state index contributed by atoms with van der Waals surface area (Å²) in [5, 5.41) is 2.53. The predicted molar refractivity (Wildman–Crippen MR) is 72.3 cm³/mol. The number of halogens is 2. The summed E-state index contributed by atoms with van der Waals surface area (Å²) in [5.74, 6) is -1.73. The summed E-state index contributed by atoms with van der Waals surface area (Å²) in [6.07, 6.45) is 2.97. The molecule has 1 heterocycles. The van der Waals surface area contributed by atoms with Crippen LogP contribution in [0.3, 0.4) is 0 Å². The summed E-state index contributed by atoms with van der Waals surface area (Å²) < 4.78 is 26.3. The summed E-state index contributed by atoms with van der Waals surface area (Å²) in [6.45, 7) is 1.84. The van der Waals surface area contributed by atoms with Gasteiger partial charge in [-0.2, -0.15) is 0 Å². The number of pyridine rings is 1. The van der Waals surface area contributed by atoms with Crippen LogP contribution in [0.2, 0.25) is 0 Å². The zero-order valence-corrected chi connectivity index (χ0v) is 10.9. The molecule has 1 N–H and O–H groups in total. The van der Waals surface area contributed by atoms with Crippen molar-refractivity contribution in [3.8, 4) is 0 Å². The van der Waals surface area contributed by atoms with E-state index in [1.54, 1.807) is 12.1 Å². The molecule has 1 aromatic heterocycles. The van der Waals surface area contributed by atoms with Crippen LogP contribution in [-0.2, 0) is 4.79 Å². The van der Waals surface area contributed by atoms with Gasteiger partial charge in [0, 0.05) is 6.20 Å². The summed E-state index contributed by atoms with van der Waals surface area (Å²) in [5.41, 5.74) is 0.784. The quantitative estimate of drug-likeness (QED) is 0.928. The smallest absolute Gasteiger partial charge is 0.231 e. The van der Waals surface area contributed by atoms with E-state index in [2.05, 4.69) is 10.3 Å². The molecule has 2 rings (SSSR count). The summed E-state index contributed by atoms with van der Waals surface area (Å²) in [4.78, 5) is 15.8. The van der Waals surface area contributed by atoms with E-state index in [1.165, 1.54) is 24.4 Å². The van der Waals surface area contributed by atoms with Gasteiger partial charge in [-0.25, -0.2) is 8.78 Å². The van der Waals surface area contributed by atoms with Gasteiger partial charge in [0.15, 0.2) is 5.82 Å². The van der Waals surface area contributed by atoms with Gasteiger partial charge in [0.05, 0.1) is 17.8 Å². The van der Waals surface area contributed by atoms with Gasteiger partial charge >= 0.3 is 0 Å². The zero-order chi connectivity index (χ0) is 14.5. The van der Waals surface area contributed by atoms with Gasteiger partial charge < -0.3 is 5.32 Å². The first-order chi connectivity index (χ1) is 9.61. The minimum Gasteiger partial charge on any atom is -0.323 e. The molecule has 0 unspecified atom stereocenters. The Morgan fingerprint density at radius 1 is 1.25 bits per heavy atom. The lowest BCUT2D eigenvalue weighted by Crippen LogP contribution is -2.21. The third kappa shape index (κ3) is 3.17. The molecular weight excluding hydrogens is 262 g/mol. The van der Waals surface area contributed by atoms with Gasteiger partial charge in [-0.3, -0.25) is 9.78 Å². The Morgan fingerprint density at radius 3 is 2.55 bits per heavy atom. The van der Waals surface area contributed by atoms with Gasteiger partial charge in [0.1, 0.15) is 5.82 Å². The number of rotatable bonds is 4. The first-order valence-electron chi connectivity index (χ1n) is 6.27. The molecule has 0 saturated carbocycles. The number of carbonyl (C=O) groups excluding carboxylic acids is 1. The molecule has 1 amide bonds. The summed E-state index contributed by atoms with van der Waals surface area (Å²) in [6, 6.07) is 7.12. The van der Waals surface area contributed by atoms with Crippen LogP contribution in [-0.4, -0.2) is 10.9 Å². The van der Waals surface area contributed by atoms with E-state index in [1.807, 2.05) is 6.92 Å². The molecule has 3 nitrogen and oxygen atoms in total. The lowest BCUT2D eigenvalue weighted by Gasteiger charge is -2.15. The van der Waals surface area contributed by atoms with Crippen molar-refractivity contribution in [3.05, 3.63) is 59.9 Å². The summed E-state index contributed by atoms with van der Waals surface area (Å²) in [7, 11) is 0. The normalized spacial score (nSPS) is 11.9. The van der Waals surface area contributed by atoms with Gasteiger partial charge in [-0.15, -0.1) is 0 Å². The fourth-order valence-corrected chi connectivity index (χ4v) is 1.96. The van der Waals surface area contributed by atoms with Crippen molar-refractivity contribution in [2.45, 2.75) is 19.3 Å². The van der Waals surface area contributed by atoms with E-state index >= 15 is 0 Å². The van der Waals surface area contributed by atoms with E-state index in [0.717, 1.165) is 6.20 Å². The Kier molecular flexibility index (Phi) is 4.40. The Bertz CT molecular complexity index is 599. The number of benzene rings is 1. The van der Waals surface area contributed by atoms with Gasteiger partial charge in [0.25, 0.3) is 0 Å². The topological polar surface area (TPSA) is 42.0 Å². The van der Waals surface area contributed by atoms with Gasteiger partial charge in [-0.1, -0.05) is 19.1 Å². The SMILES string of the molecule is CC[C@@H](C(=O)Nc1ccncc1F)c1ccc(F)cc1. The maximum absolute atomic E-state index is 13.4. The second-order valence-electron chi connectivity index (χ2n) is 4.36. The average molecular weight is 276 g/mol. The van der Waals surface area contributed by atoms with Gasteiger partial charge in [0.2, 0.25) is 5.91 Å². The molecule has 1 atom stereocenters. The van der Waals surface area contributed by atoms with Crippen molar-refractivity contribution < 1.29 is 13.6 Å². The van der Waals surface area contributed by atoms with Crippen LogP contribution in [0.5, 0.6) is 0 Å². The largest absolute Gasteiger partial charge is 0.323 e. The fourth-order valence-electron chi connectivity index (χ4n) is 1.96. The highest BCUT2D eigenvalue weighted by atomic mass is 19.1. The number of nitrogens with one attached hydrogen (secondary N) is 1. The predicted octanol–water partition coefficient (Wildman–Crippen LogP) is 3.49. The molecule has 5 heteroatoms. The van der Waals surface area contributed by atoms with Crippen LogP contribution in [0.15, 0.2) is 42.7 Å². The van der Waals surface area contributed by atoms with E-state index in [0.29, 0.717) is 12.0 Å². The minimum absolute atomic E-state index is 0.0885. The van der Waals surface area contributed by atoms with E-state index < -0.39 is 11.7 Å². The number of aromatic nitrogens is 1. The Morgan fingerprint density at radius 2 is 1.95 bits per heavy atom. The lowest BCUT2D eigenvalue weighted by molar-refractivity contribution is -0.117. The highest BCUT2D eigenvalue weighted by Gasteiger charge is 2.19. The monoisotopic (exact) mass is 276 g/mol. The molecule has 0 radical (unpaired) electrons. The number of hydrogen-bond donors (Lipinski definition) is 1. The van der Waals surface area contributed by atoms with Crippen LogP contribution in [0.25, 0.3) is 0 Å². The maximum atomic E-state index is 13.4. The van der Waals surface area contributed by atoms with Crippen LogP contribution in [0.1, 0.15) is 24.8 Å².